The number of anilines is 2. The molecule has 4 rings (SSSR count). The summed E-state index contributed by atoms with van der Waals surface area (Å²) in [4.78, 5) is 41.7. The monoisotopic (exact) mass is 828 g/mol. The van der Waals surface area contributed by atoms with Crippen LogP contribution in [0.4, 0.5) is 22.7 Å². The van der Waals surface area contributed by atoms with Crippen molar-refractivity contribution >= 4 is 87.2 Å². The first-order valence-corrected chi connectivity index (χ1v) is 19.6. The van der Waals surface area contributed by atoms with Gasteiger partial charge in [0.25, 0.3) is 63.7 Å². The summed E-state index contributed by atoms with van der Waals surface area (Å²) in [5, 5.41) is 26.3. The highest BCUT2D eigenvalue weighted by atomic mass is 32.2. The van der Waals surface area contributed by atoms with Gasteiger partial charge in [-0.25, -0.2) is 0 Å². The van der Waals surface area contributed by atoms with E-state index in [1.807, 2.05) is 0 Å². The van der Waals surface area contributed by atoms with Crippen LogP contribution < -0.4 is 10.6 Å². The molecule has 0 bridgehead atoms. The van der Waals surface area contributed by atoms with E-state index in [1.165, 1.54) is 0 Å². The predicted molar refractivity (Wildman–Crippen MR) is 183 cm³/mol. The minimum atomic E-state index is -5.19. The number of amides is 2. The molecular formula is C28H20N4O18S4. The number of carbonyl (C=O) groups is 2. The molecule has 0 atom stereocenters. The van der Waals surface area contributed by atoms with Crippen LogP contribution in [0.2, 0.25) is 0 Å². The average molecular weight is 829 g/mol. The maximum absolute atomic E-state index is 12.9. The normalized spacial score (nSPS) is 12.3. The Bertz CT molecular complexity index is 2580. The summed E-state index contributed by atoms with van der Waals surface area (Å²) in [6.45, 7) is 0. The van der Waals surface area contributed by atoms with E-state index in [0.29, 0.717) is 36.4 Å². The number of nitrogens with one attached hydrogen (secondary N) is 2. The Morgan fingerprint density at radius 3 is 1.09 bits per heavy atom. The van der Waals surface area contributed by atoms with Crippen LogP contribution in [0.25, 0.3) is 12.2 Å². The van der Waals surface area contributed by atoms with E-state index in [-0.39, 0.29) is 11.1 Å². The van der Waals surface area contributed by atoms with Gasteiger partial charge in [-0.3, -0.25) is 48.0 Å². The highest BCUT2D eigenvalue weighted by Crippen LogP contribution is 2.29. The molecule has 4 aromatic carbocycles. The molecule has 22 nitrogen and oxygen atoms in total. The first kappa shape index (κ1) is 40.8. The number of non-ortho nitro benzene ring substituents is 2. The molecule has 0 aliphatic heterocycles. The fraction of sp³-hybridized carbons (Fsp3) is 0. The number of nitro benzene ring substituents is 2. The largest absolute Gasteiger partial charge is 0.322 e. The Labute approximate surface area is 303 Å². The quantitative estimate of drug-likeness (QED) is 0.0517. The van der Waals surface area contributed by atoms with Crippen molar-refractivity contribution in [2.45, 2.75) is 19.6 Å². The maximum Gasteiger partial charge on any atom is 0.295 e. The van der Waals surface area contributed by atoms with Crippen molar-refractivity contribution in [1.29, 1.82) is 0 Å². The van der Waals surface area contributed by atoms with E-state index < -0.39 is 116 Å². The third kappa shape index (κ3) is 9.50. The highest BCUT2D eigenvalue weighted by Gasteiger charge is 2.27. The molecule has 4 aromatic rings. The third-order valence-corrected chi connectivity index (χ3v) is 10.5. The molecule has 0 heterocycles. The van der Waals surface area contributed by atoms with Gasteiger partial charge in [-0.2, -0.15) is 33.7 Å². The zero-order chi connectivity index (χ0) is 40.6. The molecule has 0 aliphatic rings. The van der Waals surface area contributed by atoms with Crippen LogP contribution in [0.1, 0.15) is 31.8 Å². The lowest BCUT2D eigenvalue weighted by molar-refractivity contribution is -0.385. The molecule has 0 radical (unpaired) electrons. The minimum absolute atomic E-state index is 0.362. The van der Waals surface area contributed by atoms with Crippen LogP contribution >= 0.6 is 0 Å². The smallest absolute Gasteiger partial charge is 0.295 e. The number of nitrogens with zero attached hydrogens (tertiary/aromatic N) is 2. The van der Waals surface area contributed by atoms with Gasteiger partial charge in [-0.05, 0) is 47.5 Å². The fourth-order valence-electron chi connectivity index (χ4n) is 4.57. The van der Waals surface area contributed by atoms with E-state index in [2.05, 4.69) is 10.6 Å². The van der Waals surface area contributed by atoms with Crippen LogP contribution in [-0.4, -0.2) is 73.5 Å². The van der Waals surface area contributed by atoms with Crippen molar-refractivity contribution in [3.63, 3.8) is 0 Å². The van der Waals surface area contributed by atoms with Gasteiger partial charge in [0.1, 0.15) is 19.6 Å². The van der Waals surface area contributed by atoms with Gasteiger partial charge in [0.2, 0.25) is 0 Å². The van der Waals surface area contributed by atoms with Crippen LogP contribution in [0.3, 0.4) is 0 Å². The molecule has 2 amide bonds. The fourth-order valence-corrected chi connectivity index (χ4v) is 7.41. The number of hydrogen-bond acceptors (Lipinski definition) is 14. The molecule has 26 heteroatoms. The van der Waals surface area contributed by atoms with Crippen LogP contribution in [0.5, 0.6) is 0 Å². The van der Waals surface area contributed by atoms with E-state index in [4.69, 9.17) is 0 Å². The van der Waals surface area contributed by atoms with Gasteiger partial charge in [0, 0.05) is 35.6 Å². The molecule has 6 N–H and O–H groups in total. The predicted octanol–water partition coefficient (Wildman–Crippen LogP) is 3.16. The Kier molecular flexibility index (Phi) is 11.2. The Hall–Kier alpha value is -6.00. The summed E-state index contributed by atoms with van der Waals surface area (Å²) in [5.74, 6) is -2.59. The summed E-state index contributed by atoms with van der Waals surface area (Å²) < 4.78 is 135. The standard InChI is InChI=1S/C28H20N4O18S4/c33-27(21-9-7-19(31(35)36)13-25(21)53(45,46)47)29-17-5-3-15(23(11-17)51(39,40)41)1-2-16-4-6-18(12-24(16)52(42,43)44)30-28(34)22-10-8-20(32(37)38)14-26(22)54(48,49)50/h1-14H,(H,29,33)(H,30,34)(H,39,40,41)(H,42,43,44)(H,45,46,47)(H,48,49,50). The van der Waals surface area contributed by atoms with Gasteiger partial charge in [0.15, 0.2) is 0 Å². The van der Waals surface area contributed by atoms with E-state index >= 15 is 0 Å². The van der Waals surface area contributed by atoms with Gasteiger partial charge in [-0.15, -0.1) is 0 Å². The lowest BCUT2D eigenvalue weighted by Crippen LogP contribution is -2.17. The topological polar surface area (TPSA) is 362 Å². The van der Waals surface area contributed by atoms with Crippen molar-refractivity contribution in [2.75, 3.05) is 10.6 Å². The molecular weight excluding hydrogens is 809 g/mol. The van der Waals surface area contributed by atoms with Crippen LogP contribution in [0.15, 0.2) is 92.4 Å². The lowest BCUT2D eigenvalue weighted by atomic mass is 10.1. The van der Waals surface area contributed by atoms with Crippen molar-refractivity contribution < 1.29 is 71.3 Å². The summed E-state index contributed by atoms with van der Waals surface area (Å²) in [5.41, 5.74) is -4.68. The number of hydrogen-bond donors (Lipinski definition) is 6. The zero-order valence-electron chi connectivity index (χ0n) is 26.1. The second kappa shape index (κ2) is 14.8. The molecule has 0 saturated carbocycles. The van der Waals surface area contributed by atoms with Crippen LogP contribution in [-0.2, 0) is 40.5 Å². The molecule has 54 heavy (non-hydrogen) atoms. The SMILES string of the molecule is O=C(Nc1ccc(C=Cc2ccc(NC(=O)c3ccc([N+](=O)[O-])cc3S(=O)(=O)O)cc2S(=O)(=O)O)c(S(=O)(=O)O)c1)c1ccc([N+](=O)[O-])cc1S(=O)(=O)O. The second-order valence-corrected chi connectivity index (χ2v) is 16.1. The molecule has 0 spiro atoms. The second-order valence-electron chi connectivity index (χ2n) is 10.5. The third-order valence-electron chi connectivity index (χ3n) is 6.94. The summed E-state index contributed by atoms with van der Waals surface area (Å²) in [6, 6.07) is 9.12. The summed E-state index contributed by atoms with van der Waals surface area (Å²) >= 11 is 0. The van der Waals surface area contributed by atoms with Gasteiger partial charge in [-0.1, -0.05) is 24.3 Å². The van der Waals surface area contributed by atoms with Crippen molar-refractivity contribution in [1.82, 2.24) is 0 Å². The van der Waals surface area contributed by atoms with E-state index in [1.54, 1.807) is 0 Å². The Balaban J connectivity index is 1.69. The lowest BCUT2D eigenvalue weighted by Gasteiger charge is -2.12. The molecule has 0 fully saturated rings. The number of nitro groups is 2. The Morgan fingerprint density at radius 2 is 0.815 bits per heavy atom. The molecule has 0 aromatic heterocycles. The van der Waals surface area contributed by atoms with Gasteiger partial charge in [0.05, 0.1) is 21.0 Å². The number of carbonyl (C=O) groups excluding carboxylic acids is 2. The zero-order valence-corrected chi connectivity index (χ0v) is 29.4. The summed E-state index contributed by atoms with van der Waals surface area (Å²) in [7, 11) is -20.7. The summed E-state index contributed by atoms with van der Waals surface area (Å²) in [6.07, 6.45) is 1.86. The minimum Gasteiger partial charge on any atom is -0.322 e. The molecule has 0 saturated heterocycles. The van der Waals surface area contributed by atoms with Gasteiger partial charge >= 0.3 is 0 Å². The van der Waals surface area contributed by atoms with E-state index in [0.717, 1.165) is 48.6 Å². The van der Waals surface area contributed by atoms with E-state index in [9.17, 15) is 81.7 Å². The number of rotatable bonds is 12. The maximum atomic E-state index is 12.9. The average Bonchev–Trinajstić information content (AvgIpc) is 3.05. The van der Waals surface area contributed by atoms with Crippen molar-refractivity contribution in [3.8, 4) is 0 Å². The van der Waals surface area contributed by atoms with Crippen molar-refractivity contribution in [3.05, 3.63) is 115 Å². The highest BCUT2D eigenvalue weighted by molar-refractivity contribution is 7.86. The van der Waals surface area contributed by atoms with Crippen LogP contribution in [0, 0.1) is 20.2 Å². The molecule has 0 aliphatic carbocycles. The first-order chi connectivity index (χ1) is 24.8. The number of benzene rings is 4. The first-order valence-electron chi connectivity index (χ1n) is 13.8. The molecule has 0 unspecified atom stereocenters. The van der Waals surface area contributed by atoms with Crippen molar-refractivity contribution in [2.24, 2.45) is 0 Å². The molecule has 284 valence electrons. The Morgan fingerprint density at radius 1 is 0.500 bits per heavy atom. The van der Waals surface area contributed by atoms with Gasteiger partial charge < -0.3 is 10.6 Å².